The molecule has 2 aliphatic rings. The normalized spacial score (nSPS) is 20.1. The molecule has 2 fully saturated rings. The Bertz CT molecular complexity index is 1080. The van der Waals surface area contributed by atoms with Crippen LogP contribution in [0.1, 0.15) is 71.3 Å². The van der Waals surface area contributed by atoms with Crippen LogP contribution in [0, 0.1) is 17.8 Å². The van der Waals surface area contributed by atoms with E-state index >= 15 is 0 Å². The standard InChI is InChI=1S/C32H46N2O3.CH2O2S/c1-5-8-20-33(21-9-6-2)32(35)25-34-24-26(13-12-15-28-19-22-37-30(28)7-3)23-29(34)18-17-27-14-10-11-16-31(27)36-4;2-1(3)4/h7,10-11,14-16,26,29H,5-6,8-9,17-25H2,1-4H3;4H,(H,2,3)/b28-15-,30-7+;/t26-,29+;/m1./s1. The first kappa shape index (κ1) is 34.3. The second kappa shape index (κ2) is 19.3. The maximum absolute atomic E-state index is 13.4. The molecule has 3 rings (SSSR count). The number of unbranched alkanes of at least 4 members (excludes halogenated alkanes) is 2. The highest BCUT2D eigenvalue weighted by Gasteiger charge is 2.33. The van der Waals surface area contributed by atoms with Crippen molar-refractivity contribution in [2.75, 3.05) is 39.9 Å². The minimum Gasteiger partial charge on any atom is -0.496 e. The fourth-order valence-corrected chi connectivity index (χ4v) is 5.29. The van der Waals surface area contributed by atoms with Crippen molar-refractivity contribution in [1.29, 1.82) is 0 Å². The molecule has 0 bridgehead atoms. The molecule has 2 aliphatic heterocycles. The van der Waals surface area contributed by atoms with Gasteiger partial charge in [0.2, 0.25) is 5.91 Å². The largest absolute Gasteiger partial charge is 0.496 e. The summed E-state index contributed by atoms with van der Waals surface area (Å²) in [7, 11) is 1.73. The summed E-state index contributed by atoms with van der Waals surface area (Å²) < 4.78 is 11.2. The Morgan fingerprint density at radius 3 is 2.54 bits per heavy atom. The number of allylic oxidation sites excluding steroid dienone is 3. The highest BCUT2D eigenvalue weighted by molar-refractivity contribution is 7.96. The molecule has 7 nitrogen and oxygen atoms in total. The zero-order valence-corrected chi connectivity index (χ0v) is 26.1. The van der Waals surface area contributed by atoms with E-state index in [1.165, 1.54) is 11.1 Å². The first-order valence-electron chi connectivity index (χ1n) is 14.9. The predicted molar refractivity (Wildman–Crippen MR) is 168 cm³/mol. The summed E-state index contributed by atoms with van der Waals surface area (Å²) in [6, 6.07) is 8.59. The molecule has 1 aromatic carbocycles. The van der Waals surface area contributed by atoms with Gasteiger partial charge in [0.05, 0.1) is 20.3 Å². The molecule has 0 saturated carbocycles. The van der Waals surface area contributed by atoms with Crippen LogP contribution in [-0.4, -0.2) is 72.1 Å². The highest BCUT2D eigenvalue weighted by Crippen LogP contribution is 2.29. The lowest BCUT2D eigenvalue weighted by Gasteiger charge is -2.28. The van der Waals surface area contributed by atoms with Gasteiger partial charge >= 0.3 is 5.30 Å². The van der Waals surface area contributed by atoms with E-state index in [1.807, 2.05) is 31.2 Å². The average molecular weight is 585 g/mol. The van der Waals surface area contributed by atoms with Gasteiger partial charge in [-0.3, -0.25) is 9.69 Å². The van der Waals surface area contributed by atoms with Gasteiger partial charge in [0.1, 0.15) is 11.5 Å². The molecule has 2 atom stereocenters. The maximum atomic E-state index is 13.4. The third kappa shape index (κ3) is 12.2. The third-order valence-corrected chi connectivity index (χ3v) is 7.46. The Kier molecular flexibility index (Phi) is 16.1. The Morgan fingerprint density at radius 2 is 1.90 bits per heavy atom. The molecular formula is C33H48N2O5S. The molecule has 1 N–H and O–H groups in total. The molecule has 226 valence electrons. The number of para-hydroxylation sites is 1. The lowest BCUT2D eigenvalue weighted by molar-refractivity contribution is -0.132. The zero-order valence-electron chi connectivity index (χ0n) is 25.2. The Labute approximate surface area is 252 Å². The molecule has 8 heteroatoms. The van der Waals surface area contributed by atoms with Crippen LogP contribution in [0.3, 0.4) is 0 Å². The van der Waals surface area contributed by atoms with E-state index in [0.29, 0.717) is 12.6 Å². The highest BCUT2D eigenvalue weighted by atomic mass is 32.1. The molecule has 0 radical (unpaired) electrons. The van der Waals surface area contributed by atoms with Crippen molar-refractivity contribution in [1.82, 2.24) is 9.80 Å². The first-order chi connectivity index (χ1) is 19.8. The average Bonchev–Trinajstić information content (AvgIpc) is 3.57. The van der Waals surface area contributed by atoms with Gasteiger partial charge < -0.3 is 19.5 Å². The van der Waals surface area contributed by atoms with Crippen molar-refractivity contribution in [3.8, 4) is 17.6 Å². The lowest BCUT2D eigenvalue weighted by atomic mass is 9.99. The topological polar surface area (TPSA) is 79.3 Å². The molecule has 41 heavy (non-hydrogen) atoms. The second-order valence-corrected chi connectivity index (χ2v) is 10.8. The summed E-state index contributed by atoms with van der Waals surface area (Å²) in [6.07, 6.45) is 12.2. The van der Waals surface area contributed by atoms with Crippen LogP contribution in [0.4, 0.5) is 4.79 Å². The van der Waals surface area contributed by atoms with Gasteiger partial charge in [0, 0.05) is 43.6 Å². The number of carbonyl (C=O) groups excluding carboxylic acids is 1. The van der Waals surface area contributed by atoms with Gasteiger partial charge in [-0.25, -0.2) is 4.79 Å². The molecule has 0 unspecified atom stereocenters. The van der Waals surface area contributed by atoms with E-state index in [4.69, 9.17) is 19.4 Å². The molecule has 1 amide bonds. The van der Waals surface area contributed by atoms with Gasteiger partial charge in [-0.2, -0.15) is 0 Å². The monoisotopic (exact) mass is 584 g/mol. The number of thiol groups is 1. The summed E-state index contributed by atoms with van der Waals surface area (Å²) >= 11 is 2.88. The minimum atomic E-state index is -1.14. The molecule has 2 heterocycles. The van der Waals surface area contributed by atoms with Crippen LogP contribution in [0.25, 0.3) is 0 Å². The SMILES string of the molecule is C/C=C1/OCC/C1=C/C#C[C@@H]1C[C@H](CCc2ccccc2OC)N(CC(=O)N(CCCC)CCCC)C1.O=C(O)S. The van der Waals surface area contributed by atoms with Crippen LogP contribution in [0.5, 0.6) is 5.75 Å². The van der Waals surface area contributed by atoms with Gasteiger partial charge in [0.25, 0.3) is 0 Å². The Hall–Kier alpha value is -2.89. The zero-order chi connectivity index (χ0) is 30.0. The molecule has 2 saturated heterocycles. The molecule has 0 aromatic heterocycles. The number of ether oxygens (including phenoxy) is 2. The Morgan fingerprint density at radius 1 is 1.22 bits per heavy atom. The van der Waals surface area contributed by atoms with Gasteiger partial charge in [0.15, 0.2) is 0 Å². The van der Waals surface area contributed by atoms with E-state index in [2.05, 4.69) is 60.2 Å². The molecular weight excluding hydrogens is 536 g/mol. The van der Waals surface area contributed by atoms with Crippen LogP contribution >= 0.6 is 12.6 Å². The van der Waals surface area contributed by atoms with Crippen LogP contribution < -0.4 is 4.74 Å². The summed E-state index contributed by atoms with van der Waals surface area (Å²) in [5, 5.41) is 6.14. The van der Waals surface area contributed by atoms with E-state index < -0.39 is 5.30 Å². The van der Waals surface area contributed by atoms with E-state index in [1.54, 1.807) is 7.11 Å². The van der Waals surface area contributed by atoms with Gasteiger partial charge in [-0.15, -0.1) is 0 Å². The fourth-order valence-electron chi connectivity index (χ4n) is 5.29. The third-order valence-electron chi connectivity index (χ3n) is 7.46. The van der Waals surface area contributed by atoms with Gasteiger partial charge in [-0.1, -0.05) is 69.4 Å². The summed E-state index contributed by atoms with van der Waals surface area (Å²) in [4.78, 5) is 26.7. The van der Waals surface area contributed by atoms with Crippen molar-refractivity contribution in [3.63, 3.8) is 0 Å². The summed E-state index contributed by atoms with van der Waals surface area (Å²) in [5.41, 5.74) is 2.42. The molecule has 0 aliphatic carbocycles. The maximum Gasteiger partial charge on any atom is 0.361 e. The van der Waals surface area contributed by atoms with Crippen molar-refractivity contribution in [3.05, 3.63) is 53.3 Å². The second-order valence-electron chi connectivity index (χ2n) is 10.4. The van der Waals surface area contributed by atoms with Crippen molar-refractivity contribution < 1.29 is 24.2 Å². The number of likely N-dealkylation sites (tertiary alicyclic amines) is 1. The summed E-state index contributed by atoms with van der Waals surface area (Å²) in [6.45, 7) is 10.2. The number of hydrogen-bond donors (Lipinski definition) is 2. The predicted octanol–water partition coefficient (Wildman–Crippen LogP) is 6.60. The van der Waals surface area contributed by atoms with Crippen molar-refractivity contribution in [2.24, 2.45) is 5.92 Å². The van der Waals surface area contributed by atoms with E-state index in [0.717, 1.165) is 89.1 Å². The first-order valence-corrected chi connectivity index (χ1v) is 15.3. The number of hydrogen-bond acceptors (Lipinski definition) is 5. The smallest absolute Gasteiger partial charge is 0.361 e. The quantitative estimate of drug-likeness (QED) is 0.213. The Balaban J connectivity index is 0.00000138. The number of nitrogens with zero attached hydrogens (tertiary/aromatic N) is 2. The number of aryl methyl sites for hydroxylation is 1. The number of methoxy groups -OCH3 is 1. The summed E-state index contributed by atoms with van der Waals surface area (Å²) in [5.74, 6) is 9.26. The number of rotatable bonds is 12. The fraction of sp³-hybridized carbons (Fsp3) is 0.576. The van der Waals surface area contributed by atoms with Crippen molar-refractivity contribution >= 4 is 23.8 Å². The van der Waals surface area contributed by atoms with Crippen LogP contribution in [-0.2, 0) is 16.0 Å². The van der Waals surface area contributed by atoms with E-state index in [9.17, 15) is 4.79 Å². The lowest BCUT2D eigenvalue weighted by Crippen LogP contribution is -2.43. The van der Waals surface area contributed by atoms with Gasteiger partial charge in [-0.05, 0) is 62.8 Å². The number of carboxylic acid groups (broad SMARTS) is 1. The number of amides is 1. The molecule has 1 aromatic rings. The minimum absolute atomic E-state index is 0.265. The van der Waals surface area contributed by atoms with Crippen molar-refractivity contribution in [2.45, 2.75) is 78.2 Å². The molecule has 0 spiro atoms. The number of benzene rings is 1. The van der Waals surface area contributed by atoms with E-state index in [-0.39, 0.29) is 11.8 Å². The number of carbonyl (C=O) groups is 2. The van der Waals surface area contributed by atoms with Crippen LogP contribution in [0.2, 0.25) is 0 Å². The van der Waals surface area contributed by atoms with Crippen LogP contribution in [0.15, 0.2) is 47.7 Å².